The van der Waals surface area contributed by atoms with E-state index in [0.717, 1.165) is 19.6 Å². The first-order chi connectivity index (χ1) is 4.93. The van der Waals surface area contributed by atoms with Crippen LogP contribution in [0.5, 0.6) is 0 Å². The maximum atomic E-state index is 3.95. The second-order valence-corrected chi connectivity index (χ2v) is 2.01. The van der Waals surface area contributed by atoms with Gasteiger partial charge in [0.1, 0.15) is 12.7 Å². The van der Waals surface area contributed by atoms with E-state index in [-0.39, 0.29) is 0 Å². The molecular weight excluding hydrogens is 128 g/mol. The lowest BCUT2D eigenvalue weighted by molar-refractivity contribution is 0.564. The van der Waals surface area contributed by atoms with Crippen LogP contribution < -0.4 is 5.32 Å². The van der Waals surface area contributed by atoms with Crippen LogP contribution in [0.1, 0.15) is 6.92 Å². The summed E-state index contributed by atoms with van der Waals surface area (Å²) in [5, 5.41) is 7.15. The van der Waals surface area contributed by atoms with Crippen molar-refractivity contribution in [1.29, 1.82) is 0 Å². The van der Waals surface area contributed by atoms with E-state index in [2.05, 4.69) is 22.3 Å². The Bertz CT molecular complexity index is 158. The molecule has 0 aromatic carbocycles. The Balaban J connectivity index is 2.15. The van der Waals surface area contributed by atoms with Gasteiger partial charge in [-0.2, -0.15) is 5.10 Å². The fraction of sp³-hybridized carbons (Fsp3) is 0.667. The highest BCUT2D eigenvalue weighted by Gasteiger charge is 1.87. The van der Waals surface area contributed by atoms with Crippen molar-refractivity contribution in [2.45, 2.75) is 13.5 Å². The highest BCUT2D eigenvalue weighted by Crippen LogP contribution is 1.76. The number of likely N-dealkylation sites (N-methyl/N-ethyl adjacent to an activating group) is 1. The van der Waals surface area contributed by atoms with E-state index < -0.39 is 0 Å². The van der Waals surface area contributed by atoms with Crippen molar-refractivity contribution >= 4 is 0 Å². The molecule has 0 saturated heterocycles. The lowest BCUT2D eigenvalue weighted by atomic mass is 10.6. The zero-order chi connectivity index (χ0) is 7.23. The summed E-state index contributed by atoms with van der Waals surface area (Å²) in [6.07, 6.45) is 3.27. The molecule has 0 saturated carbocycles. The lowest BCUT2D eigenvalue weighted by Gasteiger charge is -1.99. The molecule has 4 nitrogen and oxygen atoms in total. The predicted octanol–water partition coefficient (Wildman–Crippen LogP) is -0.112. The van der Waals surface area contributed by atoms with Crippen molar-refractivity contribution in [2.24, 2.45) is 0 Å². The van der Waals surface area contributed by atoms with Gasteiger partial charge in [-0.1, -0.05) is 6.92 Å². The first-order valence-electron chi connectivity index (χ1n) is 3.46. The van der Waals surface area contributed by atoms with Crippen molar-refractivity contribution in [1.82, 2.24) is 20.1 Å². The molecule has 10 heavy (non-hydrogen) atoms. The fourth-order valence-electron chi connectivity index (χ4n) is 0.719. The average molecular weight is 140 g/mol. The number of hydrogen-bond acceptors (Lipinski definition) is 3. The Hall–Kier alpha value is -0.900. The SMILES string of the molecule is CCNCCn1cncn1. The summed E-state index contributed by atoms with van der Waals surface area (Å²) in [4.78, 5) is 3.82. The lowest BCUT2D eigenvalue weighted by Crippen LogP contribution is -2.19. The molecule has 0 atom stereocenters. The van der Waals surface area contributed by atoms with Crippen molar-refractivity contribution < 1.29 is 0 Å². The van der Waals surface area contributed by atoms with Crippen LogP contribution >= 0.6 is 0 Å². The quantitative estimate of drug-likeness (QED) is 0.593. The van der Waals surface area contributed by atoms with E-state index in [0.29, 0.717) is 0 Å². The number of hydrogen-bond donors (Lipinski definition) is 1. The van der Waals surface area contributed by atoms with Gasteiger partial charge in [-0.3, -0.25) is 4.68 Å². The van der Waals surface area contributed by atoms with E-state index in [9.17, 15) is 0 Å². The van der Waals surface area contributed by atoms with Gasteiger partial charge >= 0.3 is 0 Å². The smallest absolute Gasteiger partial charge is 0.137 e. The fourth-order valence-corrected chi connectivity index (χ4v) is 0.719. The molecule has 1 rings (SSSR count). The summed E-state index contributed by atoms with van der Waals surface area (Å²) in [5.41, 5.74) is 0. The Labute approximate surface area is 60.3 Å². The number of nitrogens with one attached hydrogen (secondary N) is 1. The van der Waals surface area contributed by atoms with Gasteiger partial charge < -0.3 is 5.32 Å². The van der Waals surface area contributed by atoms with Gasteiger partial charge in [-0.15, -0.1) is 0 Å². The van der Waals surface area contributed by atoms with Gasteiger partial charge in [0, 0.05) is 6.54 Å². The first-order valence-corrected chi connectivity index (χ1v) is 3.46. The third-order valence-corrected chi connectivity index (χ3v) is 1.23. The number of aromatic nitrogens is 3. The van der Waals surface area contributed by atoms with Crippen LogP contribution in [0.3, 0.4) is 0 Å². The van der Waals surface area contributed by atoms with Crippen molar-refractivity contribution in [3.05, 3.63) is 12.7 Å². The molecule has 0 aliphatic rings. The largest absolute Gasteiger partial charge is 0.315 e. The molecule has 0 aliphatic carbocycles. The van der Waals surface area contributed by atoms with E-state index in [1.54, 1.807) is 12.7 Å². The molecule has 0 radical (unpaired) electrons. The minimum atomic E-state index is 0.897. The molecule has 1 heterocycles. The maximum absolute atomic E-state index is 3.95. The standard InChI is InChI=1S/C6H12N4/c1-2-7-3-4-10-6-8-5-9-10/h5-7H,2-4H2,1H3. The van der Waals surface area contributed by atoms with Gasteiger partial charge in [-0.25, -0.2) is 4.98 Å². The van der Waals surface area contributed by atoms with Gasteiger partial charge in [-0.05, 0) is 6.54 Å². The third-order valence-electron chi connectivity index (χ3n) is 1.23. The number of rotatable bonds is 4. The summed E-state index contributed by atoms with van der Waals surface area (Å²) in [5.74, 6) is 0. The van der Waals surface area contributed by atoms with Crippen LogP contribution in [0.4, 0.5) is 0 Å². The average Bonchev–Trinajstić information content (AvgIpc) is 2.41. The summed E-state index contributed by atoms with van der Waals surface area (Å²) in [6, 6.07) is 0. The monoisotopic (exact) mass is 140 g/mol. The molecule has 0 spiro atoms. The van der Waals surface area contributed by atoms with Crippen molar-refractivity contribution in [3.8, 4) is 0 Å². The normalized spacial score (nSPS) is 10.1. The Morgan fingerprint density at radius 3 is 3.10 bits per heavy atom. The molecule has 0 fully saturated rings. The Morgan fingerprint density at radius 1 is 1.60 bits per heavy atom. The highest BCUT2D eigenvalue weighted by atomic mass is 15.3. The van der Waals surface area contributed by atoms with Crippen LogP contribution in [0, 0.1) is 0 Å². The van der Waals surface area contributed by atoms with Gasteiger partial charge in [0.2, 0.25) is 0 Å². The second kappa shape index (κ2) is 4.00. The predicted molar refractivity (Wildman–Crippen MR) is 38.6 cm³/mol. The Kier molecular flexibility index (Phi) is 2.89. The van der Waals surface area contributed by atoms with Crippen molar-refractivity contribution in [2.75, 3.05) is 13.1 Å². The van der Waals surface area contributed by atoms with Crippen LogP contribution in [0.2, 0.25) is 0 Å². The molecule has 1 N–H and O–H groups in total. The summed E-state index contributed by atoms with van der Waals surface area (Å²) >= 11 is 0. The van der Waals surface area contributed by atoms with Gasteiger partial charge in [0.25, 0.3) is 0 Å². The van der Waals surface area contributed by atoms with E-state index in [1.165, 1.54) is 0 Å². The zero-order valence-electron chi connectivity index (χ0n) is 6.12. The molecule has 0 aliphatic heterocycles. The highest BCUT2D eigenvalue weighted by molar-refractivity contribution is 4.56. The Morgan fingerprint density at radius 2 is 2.50 bits per heavy atom. The van der Waals surface area contributed by atoms with E-state index >= 15 is 0 Å². The van der Waals surface area contributed by atoms with Crippen molar-refractivity contribution in [3.63, 3.8) is 0 Å². The van der Waals surface area contributed by atoms with Crippen LogP contribution in [-0.2, 0) is 6.54 Å². The third kappa shape index (κ3) is 2.14. The van der Waals surface area contributed by atoms with Gasteiger partial charge in [0.05, 0.1) is 6.54 Å². The molecule has 0 unspecified atom stereocenters. The summed E-state index contributed by atoms with van der Waals surface area (Å²) in [7, 11) is 0. The maximum Gasteiger partial charge on any atom is 0.137 e. The first kappa shape index (κ1) is 7.21. The van der Waals surface area contributed by atoms with Crippen LogP contribution in [0.15, 0.2) is 12.7 Å². The topological polar surface area (TPSA) is 42.7 Å². The molecule has 4 heteroatoms. The molecular formula is C6H12N4. The molecule has 0 bridgehead atoms. The molecule has 56 valence electrons. The molecule has 1 aromatic heterocycles. The summed E-state index contributed by atoms with van der Waals surface area (Å²) < 4.78 is 1.81. The van der Waals surface area contributed by atoms with E-state index in [4.69, 9.17) is 0 Å². The minimum Gasteiger partial charge on any atom is -0.315 e. The van der Waals surface area contributed by atoms with Gasteiger partial charge in [0.15, 0.2) is 0 Å². The van der Waals surface area contributed by atoms with Crippen LogP contribution in [0.25, 0.3) is 0 Å². The zero-order valence-corrected chi connectivity index (χ0v) is 6.12. The van der Waals surface area contributed by atoms with Crippen LogP contribution in [-0.4, -0.2) is 27.9 Å². The summed E-state index contributed by atoms with van der Waals surface area (Å²) in [6.45, 7) is 4.95. The second-order valence-electron chi connectivity index (χ2n) is 2.01. The van der Waals surface area contributed by atoms with E-state index in [1.807, 2.05) is 4.68 Å². The molecule has 1 aromatic rings. The minimum absolute atomic E-state index is 0.897. The number of nitrogens with zero attached hydrogens (tertiary/aromatic N) is 3. The molecule has 0 amide bonds.